The van der Waals surface area contributed by atoms with E-state index in [0.29, 0.717) is 12.2 Å². The zero-order valence-corrected chi connectivity index (χ0v) is 12.7. The van der Waals surface area contributed by atoms with Gasteiger partial charge >= 0.3 is 0 Å². The summed E-state index contributed by atoms with van der Waals surface area (Å²) < 4.78 is 0.772. The molecule has 1 aromatic heterocycles. The fourth-order valence-corrected chi connectivity index (χ4v) is 2.69. The van der Waals surface area contributed by atoms with Crippen LogP contribution in [0.25, 0.3) is 0 Å². The normalized spacial score (nSPS) is 15.7. The molecule has 104 valence electrons. The van der Waals surface area contributed by atoms with Gasteiger partial charge in [-0.3, -0.25) is 14.8 Å². The van der Waals surface area contributed by atoms with Gasteiger partial charge in [0.2, 0.25) is 0 Å². The Balaban J connectivity index is 1.80. The van der Waals surface area contributed by atoms with Gasteiger partial charge in [-0.2, -0.15) is 5.10 Å². The highest BCUT2D eigenvalue weighted by atomic mass is 79.9. The van der Waals surface area contributed by atoms with Crippen molar-refractivity contribution in [3.63, 3.8) is 0 Å². The first-order valence-corrected chi connectivity index (χ1v) is 7.40. The minimum atomic E-state index is -0.129. The van der Waals surface area contributed by atoms with E-state index in [0.717, 1.165) is 42.6 Å². The Morgan fingerprint density at radius 3 is 3.05 bits per heavy atom. The molecule has 5 nitrogen and oxygen atoms in total. The molecule has 0 bridgehead atoms. The smallest absolute Gasteiger partial charge is 0.273 e. The van der Waals surface area contributed by atoms with Crippen LogP contribution < -0.4 is 5.32 Å². The number of hydrogen-bond acceptors (Lipinski definition) is 3. The van der Waals surface area contributed by atoms with Crippen molar-refractivity contribution in [2.75, 3.05) is 26.2 Å². The molecule has 1 aliphatic rings. The third-order valence-corrected chi connectivity index (χ3v) is 4.05. The lowest BCUT2D eigenvalue weighted by molar-refractivity contribution is 0.0943. The van der Waals surface area contributed by atoms with Gasteiger partial charge in [0.25, 0.3) is 5.91 Å². The predicted molar refractivity (Wildman–Crippen MR) is 78.2 cm³/mol. The molecule has 0 unspecified atom stereocenters. The van der Waals surface area contributed by atoms with Gasteiger partial charge in [0, 0.05) is 31.9 Å². The molecule has 0 atom stereocenters. The summed E-state index contributed by atoms with van der Waals surface area (Å²) in [5, 5.41) is 9.82. The predicted octanol–water partition coefficient (Wildman–Crippen LogP) is 1.73. The van der Waals surface area contributed by atoms with Gasteiger partial charge in [0.15, 0.2) is 5.69 Å². The molecular weight excluding hydrogens is 308 g/mol. The maximum absolute atomic E-state index is 12.0. The number of hydrogen-bond donors (Lipinski definition) is 2. The van der Waals surface area contributed by atoms with Gasteiger partial charge in [-0.15, -0.1) is 0 Å². The molecule has 6 heteroatoms. The van der Waals surface area contributed by atoms with Crippen molar-refractivity contribution in [1.29, 1.82) is 0 Å². The van der Waals surface area contributed by atoms with Crippen LogP contribution >= 0.6 is 15.9 Å². The zero-order valence-electron chi connectivity index (χ0n) is 11.1. The third kappa shape index (κ3) is 3.67. The van der Waals surface area contributed by atoms with E-state index in [1.807, 2.05) is 6.92 Å². The number of nitrogens with zero attached hydrogens (tertiary/aromatic N) is 2. The van der Waals surface area contributed by atoms with Gasteiger partial charge in [-0.25, -0.2) is 0 Å². The van der Waals surface area contributed by atoms with Gasteiger partial charge in [-0.05, 0) is 28.8 Å². The van der Waals surface area contributed by atoms with E-state index in [4.69, 9.17) is 0 Å². The molecular formula is C13H19BrN4O. The number of halogens is 1. The van der Waals surface area contributed by atoms with Crippen LogP contribution in [0.1, 0.15) is 29.5 Å². The highest BCUT2D eigenvalue weighted by molar-refractivity contribution is 9.10. The van der Waals surface area contributed by atoms with Crippen LogP contribution in [0.15, 0.2) is 16.6 Å². The van der Waals surface area contributed by atoms with Crippen molar-refractivity contribution >= 4 is 21.8 Å². The Morgan fingerprint density at radius 1 is 1.58 bits per heavy atom. The maximum Gasteiger partial charge on any atom is 0.273 e. The summed E-state index contributed by atoms with van der Waals surface area (Å²) in [7, 11) is 0. The number of H-pyrrole nitrogens is 1. The molecule has 2 rings (SSSR count). The molecule has 2 heterocycles. The summed E-state index contributed by atoms with van der Waals surface area (Å²) in [6.07, 6.45) is 6.28. The number of aryl methyl sites for hydroxylation is 1. The van der Waals surface area contributed by atoms with Crippen LogP contribution in [0.5, 0.6) is 0 Å². The summed E-state index contributed by atoms with van der Waals surface area (Å²) in [5.74, 6) is -0.129. The summed E-state index contributed by atoms with van der Waals surface area (Å²) >= 11 is 3.41. The second-order valence-electron chi connectivity index (χ2n) is 4.53. The van der Waals surface area contributed by atoms with Crippen molar-refractivity contribution in [3.05, 3.63) is 28.0 Å². The van der Waals surface area contributed by atoms with Crippen LogP contribution in [-0.4, -0.2) is 47.2 Å². The first-order valence-electron chi connectivity index (χ1n) is 6.60. The lowest BCUT2D eigenvalue weighted by Crippen LogP contribution is -2.36. The van der Waals surface area contributed by atoms with E-state index in [1.165, 1.54) is 0 Å². The van der Waals surface area contributed by atoms with Crippen LogP contribution in [-0.2, 0) is 6.42 Å². The van der Waals surface area contributed by atoms with Crippen LogP contribution in [0, 0.1) is 0 Å². The van der Waals surface area contributed by atoms with Crippen molar-refractivity contribution in [3.8, 4) is 0 Å². The molecule has 0 aromatic carbocycles. The lowest BCUT2D eigenvalue weighted by atomic mass is 10.2. The average Bonchev–Trinajstić information content (AvgIpc) is 2.81. The fourth-order valence-electron chi connectivity index (χ4n) is 2.05. The van der Waals surface area contributed by atoms with E-state index in [2.05, 4.69) is 48.5 Å². The minimum Gasteiger partial charge on any atom is -0.349 e. The molecule has 19 heavy (non-hydrogen) atoms. The summed E-state index contributed by atoms with van der Waals surface area (Å²) in [5.41, 5.74) is 1.39. The Bertz CT molecular complexity index is 469. The van der Waals surface area contributed by atoms with Gasteiger partial charge in [0.05, 0.1) is 4.47 Å². The van der Waals surface area contributed by atoms with Crippen molar-refractivity contribution in [1.82, 2.24) is 20.4 Å². The van der Waals surface area contributed by atoms with Gasteiger partial charge in [-0.1, -0.05) is 19.1 Å². The molecule has 2 N–H and O–H groups in total. The highest BCUT2D eigenvalue weighted by Crippen LogP contribution is 2.19. The number of aromatic nitrogens is 2. The Morgan fingerprint density at radius 2 is 2.42 bits per heavy atom. The summed E-state index contributed by atoms with van der Waals surface area (Å²) in [6, 6.07) is 0. The molecule has 1 aromatic rings. The van der Waals surface area contributed by atoms with E-state index in [9.17, 15) is 4.79 Å². The number of carbonyl (C=O) groups is 1. The van der Waals surface area contributed by atoms with E-state index >= 15 is 0 Å². The first kappa shape index (κ1) is 14.3. The number of carbonyl (C=O) groups excluding carboxylic acids is 1. The number of amides is 1. The molecule has 1 amide bonds. The van der Waals surface area contributed by atoms with E-state index < -0.39 is 0 Å². The fraction of sp³-hybridized carbons (Fsp3) is 0.538. The second kappa shape index (κ2) is 6.86. The standard InChI is InChI=1S/C13H19BrN4O/c1-2-10-11(14)12(17-16-10)13(19)15-6-9-18-7-4-3-5-8-18/h3-4H,2,5-9H2,1H3,(H,15,19)(H,16,17). The van der Waals surface area contributed by atoms with Crippen molar-refractivity contribution in [2.45, 2.75) is 19.8 Å². The molecule has 0 saturated carbocycles. The zero-order chi connectivity index (χ0) is 13.7. The van der Waals surface area contributed by atoms with Crippen molar-refractivity contribution in [2.24, 2.45) is 0 Å². The number of rotatable bonds is 5. The molecule has 0 saturated heterocycles. The Kier molecular flexibility index (Phi) is 5.15. The highest BCUT2D eigenvalue weighted by Gasteiger charge is 2.16. The van der Waals surface area contributed by atoms with Gasteiger partial charge in [0.1, 0.15) is 0 Å². The monoisotopic (exact) mass is 326 g/mol. The molecule has 0 spiro atoms. The van der Waals surface area contributed by atoms with E-state index in [1.54, 1.807) is 0 Å². The Labute approximate surface area is 121 Å². The van der Waals surface area contributed by atoms with E-state index in [-0.39, 0.29) is 5.91 Å². The van der Waals surface area contributed by atoms with Crippen molar-refractivity contribution < 1.29 is 4.79 Å². The lowest BCUT2D eigenvalue weighted by Gasteiger charge is -2.22. The van der Waals surface area contributed by atoms with Crippen LogP contribution in [0.2, 0.25) is 0 Å². The topological polar surface area (TPSA) is 61.0 Å². The van der Waals surface area contributed by atoms with Crippen LogP contribution in [0.3, 0.4) is 0 Å². The molecule has 1 aliphatic heterocycles. The van der Waals surface area contributed by atoms with Crippen LogP contribution in [0.4, 0.5) is 0 Å². The second-order valence-corrected chi connectivity index (χ2v) is 5.33. The first-order chi connectivity index (χ1) is 9.22. The third-order valence-electron chi connectivity index (χ3n) is 3.20. The largest absolute Gasteiger partial charge is 0.349 e. The molecule has 0 fully saturated rings. The number of nitrogens with one attached hydrogen (secondary N) is 2. The SMILES string of the molecule is CCc1[nH]nc(C(=O)NCCN2CC=CCC2)c1Br. The average molecular weight is 327 g/mol. The minimum absolute atomic E-state index is 0.129. The summed E-state index contributed by atoms with van der Waals surface area (Å²) in [4.78, 5) is 14.3. The Hall–Kier alpha value is -1.14. The molecule has 0 aliphatic carbocycles. The summed E-state index contributed by atoms with van der Waals surface area (Å²) in [6.45, 7) is 5.58. The molecule has 0 radical (unpaired) electrons. The van der Waals surface area contributed by atoms with Gasteiger partial charge < -0.3 is 5.32 Å². The maximum atomic E-state index is 12.0. The quantitative estimate of drug-likeness (QED) is 0.810. The number of aromatic amines is 1.